The van der Waals surface area contributed by atoms with Crippen molar-refractivity contribution in [2.45, 2.75) is 38.5 Å². The molecular formula is C19H20O4. The molecule has 0 saturated heterocycles. The second-order valence-corrected chi connectivity index (χ2v) is 5.84. The van der Waals surface area contributed by atoms with Crippen LogP contribution in [0.3, 0.4) is 0 Å². The van der Waals surface area contributed by atoms with Crippen LogP contribution in [0.4, 0.5) is 0 Å². The van der Waals surface area contributed by atoms with E-state index in [1.165, 1.54) is 6.08 Å². The van der Waals surface area contributed by atoms with Crippen LogP contribution in [0.15, 0.2) is 39.6 Å². The van der Waals surface area contributed by atoms with Gasteiger partial charge in [0.1, 0.15) is 5.76 Å². The number of unbranched alkanes of at least 4 members (excludes halogenated alkanes) is 1. The fourth-order valence-electron chi connectivity index (χ4n) is 2.58. The Labute approximate surface area is 134 Å². The summed E-state index contributed by atoms with van der Waals surface area (Å²) >= 11 is 0. The zero-order chi connectivity index (χ0) is 16.2. The first kappa shape index (κ1) is 15.5. The number of esters is 1. The molecule has 4 nitrogen and oxygen atoms in total. The van der Waals surface area contributed by atoms with E-state index in [1.807, 2.05) is 25.1 Å². The van der Waals surface area contributed by atoms with Gasteiger partial charge in [-0.05, 0) is 36.8 Å². The summed E-state index contributed by atoms with van der Waals surface area (Å²) in [5.74, 6) is 0.602. The topological polar surface area (TPSA) is 56.5 Å². The monoisotopic (exact) mass is 312 g/mol. The van der Waals surface area contributed by atoms with Gasteiger partial charge in [-0.1, -0.05) is 31.5 Å². The van der Waals surface area contributed by atoms with Gasteiger partial charge in [-0.3, -0.25) is 0 Å². The minimum Gasteiger partial charge on any atom is -0.463 e. The van der Waals surface area contributed by atoms with Crippen LogP contribution in [-0.4, -0.2) is 12.6 Å². The molecule has 0 unspecified atom stereocenters. The maximum Gasteiger partial charge on any atom is 0.343 e. The Hall–Kier alpha value is -2.36. The highest BCUT2D eigenvalue weighted by Crippen LogP contribution is 2.42. The average molecular weight is 312 g/mol. The molecule has 1 aliphatic rings. The quantitative estimate of drug-likeness (QED) is 0.459. The first-order valence-corrected chi connectivity index (χ1v) is 8.11. The van der Waals surface area contributed by atoms with Crippen molar-refractivity contribution >= 4 is 22.8 Å². The summed E-state index contributed by atoms with van der Waals surface area (Å²) in [6, 6.07) is 7.33. The molecule has 0 radical (unpaired) electrons. The van der Waals surface area contributed by atoms with Crippen LogP contribution in [0, 0.1) is 0 Å². The molecule has 3 rings (SSSR count). The Morgan fingerprint density at radius 3 is 2.74 bits per heavy atom. The fraction of sp³-hybridized carbons (Fsp3) is 0.368. The number of fused-ring (bicyclic) bond motifs is 1. The fourth-order valence-corrected chi connectivity index (χ4v) is 2.58. The second kappa shape index (κ2) is 6.82. The summed E-state index contributed by atoms with van der Waals surface area (Å²) in [6.07, 6.45) is 7.01. The zero-order valence-corrected chi connectivity index (χ0v) is 13.2. The van der Waals surface area contributed by atoms with Gasteiger partial charge in [0, 0.05) is 17.6 Å². The van der Waals surface area contributed by atoms with Gasteiger partial charge in [0.25, 0.3) is 0 Å². The van der Waals surface area contributed by atoms with E-state index in [9.17, 15) is 9.59 Å². The van der Waals surface area contributed by atoms with Crippen molar-refractivity contribution in [3.05, 3.63) is 52.1 Å². The molecule has 0 atom stereocenters. The van der Waals surface area contributed by atoms with E-state index >= 15 is 0 Å². The van der Waals surface area contributed by atoms with Gasteiger partial charge < -0.3 is 9.15 Å². The number of carbonyl (C=O) groups is 1. The Bertz CT molecular complexity index is 797. The molecule has 23 heavy (non-hydrogen) atoms. The Morgan fingerprint density at radius 2 is 2.04 bits per heavy atom. The van der Waals surface area contributed by atoms with Crippen LogP contribution in [0.1, 0.15) is 49.8 Å². The number of ether oxygens (including phenoxy) is 1. The van der Waals surface area contributed by atoms with Crippen molar-refractivity contribution in [2.24, 2.45) is 0 Å². The lowest BCUT2D eigenvalue weighted by molar-refractivity contribution is -0.137. The third kappa shape index (κ3) is 3.52. The lowest BCUT2D eigenvalue weighted by atomic mass is 10.0. The molecule has 120 valence electrons. The van der Waals surface area contributed by atoms with Gasteiger partial charge in [-0.25, -0.2) is 9.59 Å². The van der Waals surface area contributed by atoms with Crippen LogP contribution < -0.4 is 5.63 Å². The van der Waals surface area contributed by atoms with E-state index in [0.717, 1.165) is 36.6 Å². The molecule has 1 aliphatic carbocycles. The molecule has 0 N–H and O–H groups in total. The highest BCUT2D eigenvalue weighted by molar-refractivity contribution is 5.94. The molecule has 0 amide bonds. The van der Waals surface area contributed by atoms with Gasteiger partial charge in [-0.15, -0.1) is 0 Å². The molecule has 1 fully saturated rings. The third-order valence-electron chi connectivity index (χ3n) is 3.98. The van der Waals surface area contributed by atoms with Crippen LogP contribution >= 0.6 is 0 Å². The molecule has 1 saturated carbocycles. The molecule has 0 bridgehead atoms. The lowest BCUT2D eigenvalue weighted by Gasteiger charge is -2.07. The van der Waals surface area contributed by atoms with E-state index in [1.54, 1.807) is 12.1 Å². The van der Waals surface area contributed by atoms with Crippen molar-refractivity contribution in [1.29, 1.82) is 0 Å². The summed E-state index contributed by atoms with van der Waals surface area (Å²) in [6.45, 7) is 2.48. The normalized spacial score (nSPS) is 14.5. The number of hydrogen-bond acceptors (Lipinski definition) is 4. The summed E-state index contributed by atoms with van der Waals surface area (Å²) in [4.78, 5) is 23.9. The van der Waals surface area contributed by atoms with E-state index in [2.05, 4.69) is 0 Å². The first-order chi connectivity index (χ1) is 11.2. The highest BCUT2D eigenvalue weighted by Gasteiger charge is 2.30. The van der Waals surface area contributed by atoms with Gasteiger partial charge in [0.15, 0.2) is 0 Å². The molecular weight excluding hydrogens is 292 g/mol. The minimum absolute atomic E-state index is 0.281. The standard InChI is InChI=1S/C19H20O4/c1-2-3-12-22-17(20)11-10-15-14-6-4-5-7-16(14)19(21)23-18(15)13-8-9-13/h4-7,10-11,13H,2-3,8-9,12H2,1H3/b11-10+. The maximum atomic E-state index is 12.1. The smallest absolute Gasteiger partial charge is 0.343 e. The molecule has 0 spiro atoms. The van der Waals surface area contributed by atoms with Crippen molar-refractivity contribution in [2.75, 3.05) is 6.61 Å². The van der Waals surface area contributed by atoms with Crippen LogP contribution in [0.25, 0.3) is 16.8 Å². The van der Waals surface area contributed by atoms with Crippen LogP contribution in [0.2, 0.25) is 0 Å². The molecule has 4 heteroatoms. The van der Waals surface area contributed by atoms with E-state index in [-0.39, 0.29) is 17.5 Å². The number of hydrogen-bond donors (Lipinski definition) is 0. The number of benzene rings is 1. The first-order valence-electron chi connectivity index (χ1n) is 8.11. The lowest BCUT2D eigenvalue weighted by Crippen LogP contribution is -2.05. The summed E-state index contributed by atoms with van der Waals surface area (Å²) in [7, 11) is 0. The van der Waals surface area contributed by atoms with Gasteiger partial charge in [-0.2, -0.15) is 0 Å². The Kier molecular flexibility index (Phi) is 4.60. The van der Waals surface area contributed by atoms with Crippen molar-refractivity contribution in [3.63, 3.8) is 0 Å². The van der Waals surface area contributed by atoms with E-state index < -0.39 is 0 Å². The predicted molar refractivity (Wildman–Crippen MR) is 89.4 cm³/mol. The minimum atomic E-state index is -0.365. The summed E-state index contributed by atoms with van der Waals surface area (Å²) < 4.78 is 10.7. The average Bonchev–Trinajstić information content (AvgIpc) is 3.39. The van der Waals surface area contributed by atoms with Crippen LogP contribution in [0.5, 0.6) is 0 Å². The molecule has 1 aromatic heterocycles. The molecule has 2 aromatic rings. The van der Waals surface area contributed by atoms with Crippen LogP contribution in [-0.2, 0) is 9.53 Å². The highest BCUT2D eigenvalue weighted by atomic mass is 16.5. The van der Waals surface area contributed by atoms with Gasteiger partial charge in [0.05, 0.1) is 12.0 Å². The van der Waals surface area contributed by atoms with Crippen molar-refractivity contribution in [3.8, 4) is 0 Å². The van der Waals surface area contributed by atoms with E-state index in [4.69, 9.17) is 9.15 Å². The largest absolute Gasteiger partial charge is 0.463 e. The Morgan fingerprint density at radius 1 is 1.30 bits per heavy atom. The van der Waals surface area contributed by atoms with Gasteiger partial charge in [0.2, 0.25) is 0 Å². The number of carbonyl (C=O) groups excluding carboxylic acids is 1. The number of rotatable bonds is 6. The summed E-state index contributed by atoms with van der Waals surface area (Å²) in [5.41, 5.74) is 0.500. The third-order valence-corrected chi connectivity index (χ3v) is 3.98. The Balaban J connectivity index is 1.95. The van der Waals surface area contributed by atoms with Crippen molar-refractivity contribution in [1.82, 2.24) is 0 Å². The molecule has 1 aromatic carbocycles. The SMILES string of the molecule is CCCCOC(=O)/C=C/c1c(C2CC2)oc(=O)c2ccccc12. The molecule has 1 heterocycles. The van der Waals surface area contributed by atoms with Gasteiger partial charge >= 0.3 is 11.6 Å². The predicted octanol–water partition coefficient (Wildman–Crippen LogP) is 4.03. The second-order valence-electron chi connectivity index (χ2n) is 5.84. The molecule has 0 aliphatic heterocycles. The maximum absolute atomic E-state index is 12.1. The van der Waals surface area contributed by atoms with E-state index in [0.29, 0.717) is 17.8 Å². The summed E-state index contributed by atoms with van der Waals surface area (Å²) in [5, 5.41) is 1.36. The zero-order valence-electron chi connectivity index (χ0n) is 13.2. The van der Waals surface area contributed by atoms with Crippen molar-refractivity contribution < 1.29 is 13.9 Å².